The molecule has 1 fully saturated rings. The first-order chi connectivity index (χ1) is 19.2. The molecule has 1 aromatic heterocycles. The van der Waals surface area contributed by atoms with E-state index in [1.54, 1.807) is 13.8 Å². The predicted molar refractivity (Wildman–Crippen MR) is 152 cm³/mol. The molecule has 0 spiro atoms. The van der Waals surface area contributed by atoms with E-state index >= 15 is 0 Å². The lowest BCUT2D eigenvalue weighted by atomic mass is 9.98. The van der Waals surface area contributed by atoms with Crippen LogP contribution in [0.1, 0.15) is 71.2 Å². The molecule has 10 nitrogen and oxygen atoms in total. The van der Waals surface area contributed by atoms with Gasteiger partial charge in [0.2, 0.25) is 10.0 Å². The lowest BCUT2D eigenvalue weighted by Gasteiger charge is -2.30. The molecule has 0 radical (unpaired) electrons. The van der Waals surface area contributed by atoms with Crippen molar-refractivity contribution in [2.45, 2.75) is 57.9 Å². The van der Waals surface area contributed by atoms with Gasteiger partial charge >= 0.3 is 11.9 Å². The van der Waals surface area contributed by atoms with Crippen LogP contribution in [0.25, 0.3) is 0 Å². The van der Waals surface area contributed by atoms with Crippen LogP contribution in [-0.4, -0.2) is 74.9 Å². The summed E-state index contributed by atoms with van der Waals surface area (Å²) in [5.74, 6) is -1.47. The molecule has 2 aromatic rings. The van der Waals surface area contributed by atoms with Crippen LogP contribution in [0.3, 0.4) is 0 Å². The van der Waals surface area contributed by atoms with E-state index < -0.39 is 21.9 Å². The van der Waals surface area contributed by atoms with Crippen LogP contribution < -0.4 is 5.32 Å². The first-order valence-electron chi connectivity index (χ1n) is 13.8. The van der Waals surface area contributed by atoms with Crippen molar-refractivity contribution in [1.82, 2.24) is 9.21 Å². The topological polar surface area (TPSA) is 122 Å². The van der Waals surface area contributed by atoms with Gasteiger partial charge in [-0.1, -0.05) is 6.92 Å². The molecule has 0 bridgehead atoms. The second kappa shape index (κ2) is 13.2. The predicted octanol–water partition coefficient (Wildman–Crippen LogP) is 3.91. The minimum Gasteiger partial charge on any atom is -0.466 e. The van der Waals surface area contributed by atoms with Crippen molar-refractivity contribution in [2.24, 2.45) is 5.92 Å². The molecular formula is C28H37N3O7S2. The molecule has 0 atom stereocenters. The highest BCUT2D eigenvalue weighted by molar-refractivity contribution is 7.89. The van der Waals surface area contributed by atoms with E-state index in [-0.39, 0.29) is 42.0 Å². The van der Waals surface area contributed by atoms with Gasteiger partial charge in [-0.25, -0.2) is 13.2 Å². The number of piperidine rings is 1. The lowest BCUT2D eigenvalue weighted by Crippen LogP contribution is -2.40. The molecule has 2 aliphatic heterocycles. The molecule has 1 amide bonds. The molecule has 4 rings (SSSR count). The van der Waals surface area contributed by atoms with E-state index in [1.807, 2.05) is 0 Å². The van der Waals surface area contributed by atoms with E-state index in [2.05, 4.69) is 17.1 Å². The first-order valence-corrected chi connectivity index (χ1v) is 16.1. The zero-order valence-corrected chi connectivity index (χ0v) is 24.9. The fourth-order valence-corrected chi connectivity index (χ4v) is 7.91. The number of hydrogen-bond acceptors (Lipinski definition) is 9. The normalized spacial score (nSPS) is 16.8. The maximum absolute atomic E-state index is 13.2. The fraction of sp³-hybridized carbons (Fsp3) is 0.536. The molecule has 3 heterocycles. The number of thiophene rings is 1. The number of benzene rings is 1. The monoisotopic (exact) mass is 591 g/mol. The third-order valence-electron chi connectivity index (χ3n) is 7.21. The van der Waals surface area contributed by atoms with Gasteiger partial charge in [-0.15, -0.1) is 11.3 Å². The number of anilines is 1. The number of hydrogen-bond donors (Lipinski definition) is 1. The number of fused-ring (bicyclic) bond motifs is 1. The Bertz CT molecular complexity index is 1330. The molecular weight excluding hydrogens is 554 g/mol. The molecule has 218 valence electrons. The maximum Gasteiger partial charge on any atom is 0.341 e. The van der Waals surface area contributed by atoms with E-state index in [4.69, 9.17) is 9.47 Å². The van der Waals surface area contributed by atoms with Crippen LogP contribution in [0.5, 0.6) is 0 Å². The fourth-order valence-electron chi connectivity index (χ4n) is 5.17. The smallest absolute Gasteiger partial charge is 0.341 e. The largest absolute Gasteiger partial charge is 0.466 e. The number of carbonyl (C=O) groups is 3. The summed E-state index contributed by atoms with van der Waals surface area (Å²) in [7, 11) is -3.78. The standard InChI is InChI=1S/C28H37N3O7S2/c1-4-14-30-15-13-22-23(18-30)39-26(24(22)28(34)38-6-3)29-25(32)19-7-9-21(10-8-19)40(35,36)31-16-11-20(12-17-31)27(33)37-5-2/h7-10,20H,4-6,11-18H2,1-3H3,(H,29,32). The van der Waals surface area contributed by atoms with Crippen molar-refractivity contribution in [2.75, 3.05) is 44.7 Å². The number of nitrogens with zero attached hydrogens (tertiary/aromatic N) is 2. The van der Waals surface area contributed by atoms with Crippen molar-refractivity contribution >= 4 is 44.2 Å². The summed E-state index contributed by atoms with van der Waals surface area (Å²) >= 11 is 1.39. The van der Waals surface area contributed by atoms with Gasteiger partial charge in [0.25, 0.3) is 5.91 Å². The Morgan fingerprint density at radius 1 is 1.00 bits per heavy atom. The molecule has 1 saturated heterocycles. The summed E-state index contributed by atoms with van der Waals surface area (Å²) in [6, 6.07) is 5.76. The molecule has 40 heavy (non-hydrogen) atoms. The highest BCUT2D eigenvalue weighted by Crippen LogP contribution is 2.38. The Hall–Kier alpha value is -2.80. The Kier molecular flexibility index (Phi) is 9.99. The van der Waals surface area contributed by atoms with Gasteiger partial charge in [0.05, 0.1) is 29.6 Å². The Morgan fingerprint density at radius 2 is 1.68 bits per heavy atom. The number of ether oxygens (including phenoxy) is 2. The Balaban J connectivity index is 1.47. The summed E-state index contributed by atoms with van der Waals surface area (Å²) in [5.41, 5.74) is 1.62. The van der Waals surface area contributed by atoms with Crippen molar-refractivity contribution in [3.63, 3.8) is 0 Å². The first kappa shape index (κ1) is 30.2. The molecule has 0 unspecified atom stereocenters. The van der Waals surface area contributed by atoms with Gasteiger partial charge in [-0.2, -0.15) is 4.31 Å². The molecule has 12 heteroatoms. The zero-order chi connectivity index (χ0) is 28.9. The second-order valence-electron chi connectivity index (χ2n) is 9.86. The third-order valence-corrected chi connectivity index (χ3v) is 10.3. The van der Waals surface area contributed by atoms with Crippen molar-refractivity contribution in [3.8, 4) is 0 Å². The van der Waals surface area contributed by atoms with E-state index in [1.165, 1.54) is 39.9 Å². The van der Waals surface area contributed by atoms with Crippen molar-refractivity contribution in [1.29, 1.82) is 0 Å². The molecule has 2 aliphatic rings. The average Bonchev–Trinajstić information content (AvgIpc) is 3.30. The number of sulfonamides is 1. The Labute approximate surface area is 239 Å². The van der Waals surface area contributed by atoms with Gasteiger partial charge in [-0.3, -0.25) is 14.5 Å². The van der Waals surface area contributed by atoms with Crippen LogP contribution in [-0.2, 0) is 37.3 Å². The maximum atomic E-state index is 13.2. The van der Waals surface area contributed by atoms with Crippen LogP contribution in [0, 0.1) is 5.92 Å². The SMILES string of the molecule is CCCN1CCc2c(sc(NC(=O)c3ccc(S(=O)(=O)N4CCC(C(=O)OCC)CC4)cc3)c2C(=O)OCC)C1. The molecule has 1 N–H and O–H groups in total. The second-order valence-corrected chi connectivity index (χ2v) is 12.9. The highest BCUT2D eigenvalue weighted by atomic mass is 32.2. The lowest BCUT2D eigenvalue weighted by molar-refractivity contribution is -0.149. The summed E-state index contributed by atoms with van der Waals surface area (Å²) in [6.45, 7) is 9.13. The molecule has 1 aromatic carbocycles. The van der Waals surface area contributed by atoms with Crippen LogP contribution >= 0.6 is 11.3 Å². The van der Waals surface area contributed by atoms with Gasteiger partial charge in [0.15, 0.2) is 0 Å². The quantitative estimate of drug-likeness (QED) is 0.413. The number of rotatable bonds is 10. The highest BCUT2D eigenvalue weighted by Gasteiger charge is 2.33. The number of carbonyl (C=O) groups excluding carboxylic acids is 3. The van der Waals surface area contributed by atoms with Crippen molar-refractivity contribution < 1.29 is 32.3 Å². The van der Waals surface area contributed by atoms with E-state index in [0.29, 0.717) is 36.4 Å². The number of amides is 1. The van der Waals surface area contributed by atoms with Crippen LogP contribution in [0.2, 0.25) is 0 Å². The van der Waals surface area contributed by atoms with E-state index in [9.17, 15) is 22.8 Å². The van der Waals surface area contributed by atoms with Crippen LogP contribution in [0.15, 0.2) is 29.2 Å². The van der Waals surface area contributed by atoms with Gasteiger partial charge in [-0.05, 0) is 75.9 Å². The Morgan fingerprint density at radius 3 is 2.30 bits per heavy atom. The summed E-state index contributed by atoms with van der Waals surface area (Å²) in [4.78, 5) is 41.5. The number of esters is 2. The van der Waals surface area contributed by atoms with E-state index in [0.717, 1.165) is 36.5 Å². The average molecular weight is 592 g/mol. The minimum absolute atomic E-state index is 0.0773. The van der Waals surface area contributed by atoms with Crippen molar-refractivity contribution in [3.05, 3.63) is 45.8 Å². The number of nitrogens with one attached hydrogen (secondary N) is 1. The third kappa shape index (κ3) is 6.56. The zero-order valence-electron chi connectivity index (χ0n) is 23.2. The summed E-state index contributed by atoms with van der Waals surface area (Å²) in [5, 5.41) is 3.33. The molecule has 0 aliphatic carbocycles. The molecule has 0 saturated carbocycles. The van der Waals surface area contributed by atoms with Gasteiger partial charge in [0, 0.05) is 36.6 Å². The van der Waals surface area contributed by atoms with Gasteiger partial charge in [0.1, 0.15) is 5.00 Å². The minimum atomic E-state index is -3.78. The van der Waals surface area contributed by atoms with Crippen LogP contribution in [0.4, 0.5) is 5.00 Å². The summed E-state index contributed by atoms with van der Waals surface area (Å²) in [6.07, 6.45) is 2.55. The van der Waals surface area contributed by atoms with Gasteiger partial charge < -0.3 is 14.8 Å². The summed E-state index contributed by atoms with van der Waals surface area (Å²) < 4.78 is 38.1.